The Morgan fingerprint density at radius 2 is 2.32 bits per heavy atom. The lowest BCUT2D eigenvalue weighted by Crippen LogP contribution is -2.40. The SMILES string of the molecule is Cc1ccnn1CCC(=O)N1CCCC(Cc2ccn[nH]2)C1. The van der Waals surface area contributed by atoms with Crippen LogP contribution < -0.4 is 0 Å². The molecule has 1 N–H and O–H groups in total. The summed E-state index contributed by atoms with van der Waals surface area (Å²) in [5, 5.41) is 11.2. The molecule has 118 valence electrons. The van der Waals surface area contributed by atoms with Gasteiger partial charge in [-0.2, -0.15) is 10.2 Å². The molecule has 0 aromatic carbocycles. The molecule has 1 saturated heterocycles. The summed E-state index contributed by atoms with van der Waals surface area (Å²) in [6.45, 7) is 4.42. The van der Waals surface area contributed by atoms with Gasteiger partial charge in [0.15, 0.2) is 0 Å². The summed E-state index contributed by atoms with van der Waals surface area (Å²) in [6.07, 6.45) is 7.34. The number of nitrogens with one attached hydrogen (secondary N) is 1. The first-order valence-corrected chi connectivity index (χ1v) is 7.97. The number of likely N-dealkylation sites (tertiary alicyclic amines) is 1. The smallest absolute Gasteiger partial charge is 0.224 e. The maximum Gasteiger partial charge on any atom is 0.224 e. The van der Waals surface area contributed by atoms with E-state index in [-0.39, 0.29) is 5.91 Å². The summed E-state index contributed by atoms with van der Waals surface area (Å²) >= 11 is 0. The van der Waals surface area contributed by atoms with E-state index < -0.39 is 0 Å². The van der Waals surface area contributed by atoms with Crippen LogP contribution in [0, 0.1) is 12.8 Å². The number of nitrogens with zero attached hydrogens (tertiary/aromatic N) is 4. The van der Waals surface area contributed by atoms with Crippen molar-refractivity contribution in [3.63, 3.8) is 0 Å². The van der Waals surface area contributed by atoms with E-state index in [1.54, 1.807) is 12.4 Å². The minimum atomic E-state index is 0.240. The molecule has 1 unspecified atom stereocenters. The first-order chi connectivity index (χ1) is 10.7. The summed E-state index contributed by atoms with van der Waals surface area (Å²) in [6, 6.07) is 3.98. The lowest BCUT2D eigenvalue weighted by molar-refractivity contribution is -0.133. The largest absolute Gasteiger partial charge is 0.342 e. The van der Waals surface area contributed by atoms with Crippen molar-refractivity contribution in [1.82, 2.24) is 24.9 Å². The molecule has 3 heterocycles. The summed E-state index contributed by atoms with van der Waals surface area (Å²) in [4.78, 5) is 14.4. The Morgan fingerprint density at radius 3 is 3.05 bits per heavy atom. The molecule has 1 fully saturated rings. The fourth-order valence-electron chi connectivity index (χ4n) is 3.16. The number of aromatic nitrogens is 4. The summed E-state index contributed by atoms with van der Waals surface area (Å²) in [5.41, 5.74) is 2.26. The number of aryl methyl sites for hydroxylation is 2. The van der Waals surface area contributed by atoms with Crippen molar-refractivity contribution in [3.05, 3.63) is 35.9 Å². The lowest BCUT2D eigenvalue weighted by atomic mass is 9.93. The van der Waals surface area contributed by atoms with E-state index in [9.17, 15) is 4.79 Å². The zero-order chi connectivity index (χ0) is 15.4. The number of carbonyl (C=O) groups is 1. The number of aromatic amines is 1. The number of amides is 1. The molecular weight excluding hydrogens is 278 g/mol. The van der Waals surface area contributed by atoms with Crippen molar-refractivity contribution in [2.75, 3.05) is 13.1 Å². The normalized spacial score (nSPS) is 18.6. The minimum Gasteiger partial charge on any atom is -0.342 e. The van der Waals surface area contributed by atoms with Crippen LogP contribution >= 0.6 is 0 Å². The van der Waals surface area contributed by atoms with Gasteiger partial charge in [0.25, 0.3) is 0 Å². The zero-order valence-corrected chi connectivity index (χ0v) is 13.0. The van der Waals surface area contributed by atoms with Crippen molar-refractivity contribution < 1.29 is 4.79 Å². The second kappa shape index (κ2) is 6.77. The highest BCUT2D eigenvalue weighted by atomic mass is 16.2. The standard InChI is InChI=1S/C16H23N5O/c1-13-4-8-18-21(13)10-6-16(22)20-9-2-3-14(12-20)11-15-5-7-17-19-15/h4-5,7-8,14H,2-3,6,9-12H2,1H3,(H,17,19). The third-order valence-electron chi connectivity index (χ3n) is 4.41. The van der Waals surface area contributed by atoms with Crippen molar-refractivity contribution in [1.29, 1.82) is 0 Å². The first kappa shape index (κ1) is 14.8. The van der Waals surface area contributed by atoms with Crippen LogP contribution in [0.4, 0.5) is 0 Å². The van der Waals surface area contributed by atoms with Gasteiger partial charge in [-0.15, -0.1) is 0 Å². The van der Waals surface area contributed by atoms with Gasteiger partial charge in [0, 0.05) is 49.8 Å². The minimum absolute atomic E-state index is 0.240. The molecule has 3 rings (SSSR count). The molecule has 0 bridgehead atoms. The molecule has 6 nitrogen and oxygen atoms in total. The summed E-state index contributed by atoms with van der Waals surface area (Å²) in [5.74, 6) is 0.772. The van der Waals surface area contributed by atoms with Crippen molar-refractivity contribution in [2.45, 2.75) is 39.2 Å². The maximum absolute atomic E-state index is 12.4. The third-order valence-corrected chi connectivity index (χ3v) is 4.41. The van der Waals surface area contributed by atoms with Gasteiger partial charge in [-0.05, 0) is 44.2 Å². The van der Waals surface area contributed by atoms with Crippen LogP contribution in [0.1, 0.15) is 30.7 Å². The fraction of sp³-hybridized carbons (Fsp3) is 0.562. The topological polar surface area (TPSA) is 66.8 Å². The Kier molecular flexibility index (Phi) is 4.56. The van der Waals surface area contributed by atoms with E-state index in [0.717, 1.165) is 37.3 Å². The average Bonchev–Trinajstić information content (AvgIpc) is 3.17. The molecule has 2 aromatic heterocycles. The molecule has 6 heteroatoms. The fourth-order valence-corrected chi connectivity index (χ4v) is 3.16. The first-order valence-electron chi connectivity index (χ1n) is 7.97. The van der Waals surface area contributed by atoms with Crippen LogP contribution in [0.25, 0.3) is 0 Å². The van der Waals surface area contributed by atoms with Crippen LogP contribution in [0.3, 0.4) is 0 Å². The second-order valence-electron chi connectivity index (χ2n) is 6.08. The molecule has 0 spiro atoms. The van der Waals surface area contributed by atoms with Gasteiger partial charge >= 0.3 is 0 Å². The van der Waals surface area contributed by atoms with Crippen molar-refractivity contribution in [2.24, 2.45) is 5.92 Å². The Balaban J connectivity index is 1.50. The molecule has 0 saturated carbocycles. The van der Waals surface area contributed by atoms with Gasteiger partial charge in [-0.1, -0.05) is 0 Å². The van der Waals surface area contributed by atoms with Crippen LogP contribution in [0.2, 0.25) is 0 Å². The molecule has 22 heavy (non-hydrogen) atoms. The number of piperidine rings is 1. The number of carbonyl (C=O) groups excluding carboxylic acids is 1. The number of hydrogen-bond acceptors (Lipinski definition) is 3. The summed E-state index contributed by atoms with van der Waals surface area (Å²) < 4.78 is 1.89. The van der Waals surface area contributed by atoms with Gasteiger partial charge in [0.05, 0.1) is 0 Å². The van der Waals surface area contributed by atoms with E-state index in [0.29, 0.717) is 18.9 Å². The van der Waals surface area contributed by atoms with E-state index in [2.05, 4.69) is 15.3 Å². The van der Waals surface area contributed by atoms with Crippen LogP contribution in [-0.2, 0) is 17.8 Å². The predicted octanol–water partition coefficient (Wildman–Crippen LogP) is 1.79. The highest BCUT2D eigenvalue weighted by Crippen LogP contribution is 2.20. The van der Waals surface area contributed by atoms with Crippen molar-refractivity contribution in [3.8, 4) is 0 Å². The molecule has 1 aliphatic heterocycles. The van der Waals surface area contributed by atoms with Crippen LogP contribution in [0.15, 0.2) is 24.5 Å². The Hall–Kier alpha value is -2.11. The Bertz CT molecular complexity index is 604. The molecular formula is C16H23N5O. The quantitative estimate of drug-likeness (QED) is 0.915. The Labute approximate surface area is 130 Å². The molecule has 1 amide bonds. The molecule has 1 aliphatic rings. The van der Waals surface area contributed by atoms with E-state index in [1.807, 2.05) is 28.6 Å². The third kappa shape index (κ3) is 3.55. The number of rotatable bonds is 5. The highest BCUT2D eigenvalue weighted by Gasteiger charge is 2.24. The van der Waals surface area contributed by atoms with Crippen molar-refractivity contribution >= 4 is 5.91 Å². The van der Waals surface area contributed by atoms with E-state index in [1.165, 1.54) is 6.42 Å². The maximum atomic E-state index is 12.4. The second-order valence-corrected chi connectivity index (χ2v) is 6.08. The lowest BCUT2D eigenvalue weighted by Gasteiger charge is -2.32. The Morgan fingerprint density at radius 1 is 1.41 bits per heavy atom. The van der Waals surface area contributed by atoms with E-state index in [4.69, 9.17) is 0 Å². The molecule has 0 aliphatic carbocycles. The van der Waals surface area contributed by atoms with Gasteiger partial charge in [-0.3, -0.25) is 14.6 Å². The highest BCUT2D eigenvalue weighted by molar-refractivity contribution is 5.76. The molecule has 2 aromatic rings. The van der Waals surface area contributed by atoms with Gasteiger partial charge in [0.2, 0.25) is 5.91 Å². The summed E-state index contributed by atoms with van der Waals surface area (Å²) in [7, 11) is 0. The molecule has 0 radical (unpaired) electrons. The molecule has 1 atom stereocenters. The van der Waals surface area contributed by atoms with Crippen LogP contribution in [0.5, 0.6) is 0 Å². The average molecular weight is 301 g/mol. The van der Waals surface area contributed by atoms with Gasteiger partial charge in [0.1, 0.15) is 0 Å². The van der Waals surface area contributed by atoms with E-state index >= 15 is 0 Å². The van der Waals surface area contributed by atoms with Gasteiger partial charge < -0.3 is 4.90 Å². The van der Waals surface area contributed by atoms with Crippen LogP contribution in [-0.4, -0.2) is 43.9 Å². The monoisotopic (exact) mass is 301 g/mol. The zero-order valence-electron chi connectivity index (χ0n) is 13.0. The predicted molar refractivity (Wildman–Crippen MR) is 83.2 cm³/mol. The number of hydrogen-bond donors (Lipinski definition) is 1. The van der Waals surface area contributed by atoms with Gasteiger partial charge in [-0.25, -0.2) is 0 Å². The number of H-pyrrole nitrogens is 1.